The number of Topliss-reactive ketones (excluding diaryl/α,β-unsaturated/α-hetero) is 1. The molecule has 0 unspecified atom stereocenters. The zero-order valence-corrected chi connectivity index (χ0v) is 7.57. The van der Waals surface area contributed by atoms with Crippen LogP contribution in [0.1, 0.15) is 23.7 Å². The predicted molar refractivity (Wildman–Crippen MR) is 48.3 cm³/mol. The van der Waals surface area contributed by atoms with Gasteiger partial charge in [0.15, 0.2) is 5.78 Å². The summed E-state index contributed by atoms with van der Waals surface area (Å²) in [4.78, 5) is 11.3. The number of benzene rings is 1. The normalized spacial score (nSPS) is 9.92. The summed E-state index contributed by atoms with van der Waals surface area (Å²) in [6, 6.07) is 4.61. The minimum absolute atomic E-state index is 0.130. The summed E-state index contributed by atoms with van der Waals surface area (Å²) >= 11 is 3.87. The topological polar surface area (TPSA) is 17.1 Å². The lowest BCUT2D eigenvalue weighted by Gasteiger charge is -2.01. The molecular formula is C9H9FOS. The zero-order chi connectivity index (χ0) is 9.14. The molecule has 0 saturated heterocycles. The van der Waals surface area contributed by atoms with E-state index in [1.807, 2.05) is 0 Å². The quantitative estimate of drug-likeness (QED) is 0.552. The molecule has 0 radical (unpaired) electrons. The van der Waals surface area contributed by atoms with Gasteiger partial charge >= 0.3 is 0 Å². The molecule has 0 spiro atoms. The van der Waals surface area contributed by atoms with Gasteiger partial charge in [0.05, 0.1) is 5.56 Å². The maximum atomic E-state index is 13.1. The maximum Gasteiger partial charge on any atom is 0.165 e. The SMILES string of the molecule is CCC(=O)c1cccc(S)c1F. The molecule has 0 aliphatic carbocycles. The van der Waals surface area contributed by atoms with Gasteiger partial charge in [0.25, 0.3) is 0 Å². The molecule has 0 saturated carbocycles. The Kier molecular flexibility index (Phi) is 2.87. The van der Waals surface area contributed by atoms with Gasteiger partial charge < -0.3 is 0 Å². The van der Waals surface area contributed by atoms with E-state index in [0.29, 0.717) is 6.42 Å². The number of carbonyl (C=O) groups excluding carboxylic acids is 1. The lowest BCUT2D eigenvalue weighted by atomic mass is 10.1. The van der Waals surface area contributed by atoms with Crippen LogP contribution in [0.15, 0.2) is 23.1 Å². The summed E-state index contributed by atoms with van der Waals surface area (Å²) in [5.41, 5.74) is 0.130. The van der Waals surface area contributed by atoms with Crippen LogP contribution < -0.4 is 0 Å². The van der Waals surface area contributed by atoms with Gasteiger partial charge in [-0.2, -0.15) is 0 Å². The highest BCUT2D eigenvalue weighted by Gasteiger charge is 2.10. The van der Waals surface area contributed by atoms with Crippen molar-refractivity contribution in [3.8, 4) is 0 Å². The van der Waals surface area contributed by atoms with E-state index in [2.05, 4.69) is 12.6 Å². The van der Waals surface area contributed by atoms with Crippen molar-refractivity contribution in [2.75, 3.05) is 0 Å². The van der Waals surface area contributed by atoms with Gasteiger partial charge in [-0.15, -0.1) is 12.6 Å². The van der Waals surface area contributed by atoms with Crippen LogP contribution in [-0.2, 0) is 0 Å². The summed E-state index contributed by atoms with van der Waals surface area (Å²) in [5.74, 6) is -0.712. The average Bonchev–Trinajstić information content (AvgIpc) is 2.08. The summed E-state index contributed by atoms with van der Waals surface area (Å²) < 4.78 is 13.1. The Morgan fingerprint density at radius 1 is 1.58 bits per heavy atom. The second-order valence-electron chi connectivity index (χ2n) is 2.42. The number of carbonyl (C=O) groups is 1. The highest BCUT2D eigenvalue weighted by Crippen LogP contribution is 2.17. The lowest BCUT2D eigenvalue weighted by molar-refractivity contribution is 0.0984. The molecule has 1 aromatic rings. The van der Waals surface area contributed by atoms with E-state index >= 15 is 0 Å². The number of rotatable bonds is 2. The lowest BCUT2D eigenvalue weighted by Crippen LogP contribution is -2.00. The van der Waals surface area contributed by atoms with Crippen molar-refractivity contribution < 1.29 is 9.18 Å². The molecule has 0 N–H and O–H groups in total. The Balaban J connectivity index is 3.16. The minimum Gasteiger partial charge on any atom is -0.294 e. The minimum atomic E-state index is -0.521. The van der Waals surface area contributed by atoms with E-state index in [9.17, 15) is 9.18 Å². The Morgan fingerprint density at radius 3 is 2.83 bits per heavy atom. The fourth-order valence-corrected chi connectivity index (χ4v) is 1.13. The molecule has 1 rings (SSSR count). The van der Waals surface area contributed by atoms with Crippen LogP contribution in [0.25, 0.3) is 0 Å². The van der Waals surface area contributed by atoms with E-state index in [-0.39, 0.29) is 16.2 Å². The van der Waals surface area contributed by atoms with Crippen LogP contribution in [0.4, 0.5) is 4.39 Å². The first-order valence-corrected chi connectivity index (χ1v) is 4.12. The van der Waals surface area contributed by atoms with Crippen molar-refractivity contribution >= 4 is 18.4 Å². The first-order chi connectivity index (χ1) is 5.66. The summed E-state index contributed by atoms with van der Waals surface area (Å²) in [6.07, 6.45) is 0.314. The van der Waals surface area contributed by atoms with Crippen molar-refractivity contribution in [2.45, 2.75) is 18.2 Å². The maximum absolute atomic E-state index is 13.1. The van der Waals surface area contributed by atoms with Crippen LogP contribution in [0.5, 0.6) is 0 Å². The third-order valence-electron chi connectivity index (χ3n) is 1.60. The van der Waals surface area contributed by atoms with Crippen LogP contribution in [-0.4, -0.2) is 5.78 Å². The second kappa shape index (κ2) is 3.72. The molecule has 12 heavy (non-hydrogen) atoms. The molecule has 0 fully saturated rings. The molecule has 0 aliphatic heterocycles. The van der Waals surface area contributed by atoms with Crippen molar-refractivity contribution in [1.82, 2.24) is 0 Å². The van der Waals surface area contributed by atoms with Crippen molar-refractivity contribution in [1.29, 1.82) is 0 Å². The van der Waals surface area contributed by atoms with Crippen LogP contribution >= 0.6 is 12.6 Å². The monoisotopic (exact) mass is 184 g/mol. The third-order valence-corrected chi connectivity index (χ3v) is 1.95. The van der Waals surface area contributed by atoms with E-state index in [1.54, 1.807) is 13.0 Å². The Hall–Kier alpha value is -0.830. The molecule has 0 bridgehead atoms. The van der Waals surface area contributed by atoms with E-state index < -0.39 is 5.82 Å². The molecular weight excluding hydrogens is 175 g/mol. The van der Waals surface area contributed by atoms with Crippen LogP contribution in [0.2, 0.25) is 0 Å². The number of hydrogen-bond donors (Lipinski definition) is 1. The van der Waals surface area contributed by atoms with Gasteiger partial charge in [-0.3, -0.25) is 4.79 Å². The van der Waals surface area contributed by atoms with Gasteiger partial charge in [0.1, 0.15) is 5.82 Å². The molecule has 0 aromatic heterocycles. The summed E-state index contributed by atoms with van der Waals surface area (Å²) in [7, 11) is 0. The first-order valence-electron chi connectivity index (χ1n) is 3.67. The van der Waals surface area contributed by atoms with Crippen LogP contribution in [0, 0.1) is 5.82 Å². The fourth-order valence-electron chi connectivity index (χ4n) is 0.926. The molecule has 3 heteroatoms. The third kappa shape index (κ3) is 1.67. The van der Waals surface area contributed by atoms with Gasteiger partial charge in [0, 0.05) is 11.3 Å². The molecule has 0 heterocycles. The number of hydrogen-bond acceptors (Lipinski definition) is 2. The van der Waals surface area contributed by atoms with Crippen molar-refractivity contribution in [2.24, 2.45) is 0 Å². The van der Waals surface area contributed by atoms with Gasteiger partial charge in [-0.25, -0.2) is 4.39 Å². The first kappa shape index (κ1) is 9.26. The van der Waals surface area contributed by atoms with Gasteiger partial charge in [-0.05, 0) is 12.1 Å². The molecule has 0 atom stereocenters. The zero-order valence-electron chi connectivity index (χ0n) is 6.67. The van der Waals surface area contributed by atoms with Gasteiger partial charge in [0.2, 0.25) is 0 Å². The summed E-state index contributed by atoms with van der Waals surface area (Å²) in [6.45, 7) is 1.70. The molecule has 1 aromatic carbocycles. The molecule has 0 amide bonds. The highest BCUT2D eigenvalue weighted by atomic mass is 32.1. The number of ketones is 1. The molecule has 1 nitrogen and oxygen atoms in total. The highest BCUT2D eigenvalue weighted by molar-refractivity contribution is 7.80. The van der Waals surface area contributed by atoms with Crippen LogP contribution in [0.3, 0.4) is 0 Å². The Bertz CT molecular complexity index is 309. The number of halogens is 1. The van der Waals surface area contributed by atoms with E-state index in [4.69, 9.17) is 0 Å². The molecule has 64 valence electrons. The van der Waals surface area contributed by atoms with Crippen molar-refractivity contribution in [3.63, 3.8) is 0 Å². The largest absolute Gasteiger partial charge is 0.294 e. The van der Waals surface area contributed by atoms with E-state index in [1.165, 1.54) is 12.1 Å². The Labute approximate surface area is 76.0 Å². The molecule has 0 aliphatic rings. The smallest absolute Gasteiger partial charge is 0.165 e. The second-order valence-corrected chi connectivity index (χ2v) is 2.90. The fraction of sp³-hybridized carbons (Fsp3) is 0.222. The standard InChI is InChI=1S/C9H9FOS/c1-2-7(11)6-4-3-5-8(12)9(6)10/h3-5,12H,2H2,1H3. The number of thiol groups is 1. The Morgan fingerprint density at radius 2 is 2.25 bits per heavy atom. The predicted octanol–water partition coefficient (Wildman–Crippen LogP) is 2.71. The van der Waals surface area contributed by atoms with Crippen molar-refractivity contribution in [3.05, 3.63) is 29.6 Å². The van der Waals surface area contributed by atoms with E-state index in [0.717, 1.165) is 0 Å². The summed E-state index contributed by atoms with van der Waals surface area (Å²) in [5, 5.41) is 0. The average molecular weight is 184 g/mol. The van der Waals surface area contributed by atoms with Gasteiger partial charge in [-0.1, -0.05) is 13.0 Å².